The predicted molar refractivity (Wildman–Crippen MR) is 180 cm³/mol. The molecule has 0 bridgehead atoms. The van der Waals surface area contributed by atoms with Gasteiger partial charge in [0.1, 0.15) is 23.2 Å². The summed E-state index contributed by atoms with van der Waals surface area (Å²) in [6.45, 7) is 0. The van der Waals surface area contributed by atoms with Gasteiger partial charge in [0.2, 0.25) is 0 Å². The Morgan fingerprint density at radius 3 is 1.91 bits per heavy atom. The Balaban J connectivity index is 1.39. The van der Waals surface area contributed by atoms with Crippen LogP contribution in [-0.2, 0) is 0 Å². The first-order chi connectivity index (χ1) is 21.8. The minimum Gasteiger partial charge on any atom is -0.456 e. The van der Waals surface area contributed by atoms with E-state index in [0.29, 0.717) is 5.84 Å². The summed E-state index contributed by atoms with van der Waals surface area (Å²) in [6.07, 6.45) is -0.304. The first kappa shape index (κ1) is 24.6. The van der Waals surface area contributed by atoms with Crippen LogP contribution in [-0.4, -0.2) is 16.2 Å². The molecule has 0 saturated carbocycles. The second kappa shape index (κ2) is 9.82. The fourth-order valence-electron chi connectivity index (χ4n) is 6.49. The summed E-state index contributed by atoms with van der Waals surface area (Å²) in [4.78, 5) is 10.3. The number of nitrogens with zero attached hydrogens (tertiary/aromatic N) is 3. The van der Waals surface area contributed by atoms with E-state index in [1.165, 1.54) is 10.8 Å². The van der Waals surface area contributed by atoms with Gasteiger partial charge in [-0.15, -0.1) is 0 Å². The summed E-state index contributed by atoms with van der Waals surface area (Å²) in [5.41, 5.74) is 7.98. The van der Waals surface area contributed by atoms with Crippen LogP contribution in [0.15, 0.2) is 160 Å². The summed E-state index contributed by atoms with van der Waals surface area (Å²) in [7, 11) is 0. The van der Waals surface area contributed by atoms with Crippen LogP contribution in [0.4, 0.5) is 0 Å². The maximum absolute atomic E-state index is 6.44. The fourth-order valence-corrected chi connectivity index (χ4v) is 6.49. The molecule has 3 heterocycles. The highest BCUT2D eigenvalue weighted by Gasteiger charge is 2.27. The van der Waals surface area contributed by atoms with Gasteiger partial charge in [-0.1, -0.05) is 115 Å². The van der Waals surface area contributed by atoms with Crippen LogP contribution in [0.5, 0.6) is 0 Å². The van der Waals surface area contributed by atoms with Crippen molar-refractivity contribution in [2.75, 3.05) is 0 Å². The number of hydrogen-bond acceptors (Lipinski definition) is 4. The van der Waals surface area contributed by atoms with Crippen molar-refractivity contribution in [3.63, 3.8) is 0 Å². The SMILES string of the molecule is c1ccc(C2=NC(c3ccccc3)NC(c3ccc4oc5ccccc5c4c3-n3c4ccccc4c4ccccc43)=N2)cc1. The molecule has 5 nitrogen and oxygen atoms in total. The van der Waals surface area contributed by atoms with Crippen molar-refractivity contribution < 1.29 is 4.42 Å². The number of benzene rings is 6. The average Bonchev–Trinajstić information content (AvgIpc) is 3.64. The van der Waals surface area contributed by atoms with E-state index in [9.17, 15) is 0 Å². The Kier molecular flexibility index (Phi) is 5.50. The number of amidine groups is 2. The zero-order valence-corrected chi connectivity index (χ0v) is 23.7. The number of para-hydroxylation sites is 3. The van der Waals surface area contributed by atoms with Crippen molar-refractivity contribution in [3.8, 4) is 5.69 Å². The quantitative estimate of drug-likeness (QED) is 0.231. The lowest BCUT2D eigenvalue weighted by atomic mass is 10.0. The maximum atomic E-state index is 6.44. The van der Waals surface area contributed by atoms with Crippen LogP contribution in [0.25, 0.3) is 49.4 Å². The smallest absolute Gasteiger partial charge is 0.159 e. The number of rotatable bonds is 4. The Bertz CT molecular complexity index is 2360. The minimum absolute atomic E-state index is 0.304. The lowest BCUT2D eigenvalue weighted by Crippen LogP contribution is -2.34. The Morgan fingerprint density at radius 2 is 1.18 bits per heavy atom. The third kappa shape index (κ3) is 3.80. The summed E-state index contributed by atoms with van der Waals surface area (Å²) in [6, 6.07) is 50.2. The number of furan rings is 1. The molecule has 8 aromatic rings. The van der Waals surface area contributed by atoms with Crippen LogP contribution in [0.2, 0.25) is 0 Å². The summed E-state index contributed by atoms with van der Waals surface area (Å²) >= 11 is 0. The molecule has 0 radical (unpaired) electrons. The molecular formula is C39H26N4O. The molecule has 1 aliphatic heterocycles. The molecular weight excluding hydrogens is 540 g/mol. The number of hydrogen-bond donors (Lipinski definition) is 1. The van der Waals surface area contributed by atoms with Crippen molar-refractivity contribution in [3.05, 3.63) is 162 Å². The molecule has 0 spiro atoms. The zero-order chi connectivity index (χ0) is 29.0. The van der Waals surface area contributed by atoms with Gasteiger partial charge in [-0.2, -0.15) is 0 Å². The molecule has 44 heavy (non-hydrogen) atoms. The lowest BCUT2D eigenvalue weighted by molar-refractivity contribution is 0.668. The van der Waals surface area contributed by atoms with E-state index in [1.807, 2.05) is 48.5 Å². The fraction of sp³-hybridized carbons (Fsp3) is 0.0256. The van der Waals surface area contributed by atoms with Crippen molar-refractivity contribution in [1.29, 1.82) is 0 Å². The Labute approximate surface area is 253 Å². The zero-order valence-electron chi connectivity index (χ0n) is 23.7. The number of aromatic nitrogens is 1. The monoisotopic (exact) mass is 566 g/mol. The van der Waals surface area contributed by atoms with Gasteiger partial charge in [-0.3, -0.25) is 0 Å². The highest BCUT2D eigenvalue weighted by molar-refractivity contribution is 6.21. The summed E-state index contributed by atoms with van der Waals surface area (Å²) in [5, 5.41) is 8.22. The van der Waals surface area contributed by atoms with E-state index in [1.54, 1.807) is 0 Å². The second-order valence-electron chi connectivity index (χ2n) is 11.0. The number of aliphatic imine (C=N–C) groups is 2. The lowest BCUT2D eigenvalue weighted by Gasteiger charge is -2.25. The molecule has 1 atom stereocenters. The largest absolute Gasteiger partial charge is 0.456 e. The molecule has 9 rings (SSSR count). The highest BCUT2D eigenvalue weighted by atomic mass is 16.3. The van der Waals surface area contributed by atoms with Crippen molar-refractivity contribution >= 4 is 55.4 Å². The first-order valence-electron chi connectivity index (χ1n) is 14.8. The van der Waals surface area contributed by atoms with E-state index < -0.39 is 0 Å². The van der Waals surface area contributed by atoms with Crippen molar-refractivity contribution in [2.24, 2.45) is 9.98 Å². The topological polar surface area (TPSA) is 54.8 Å². The standard InChI is InChI=1S/C39H26N4O/c1-3-13-25(14-4-1)37-40-38(26-15-5-2-6-16-26)42-39(41-37)30-23-24-34-35(29-19-9-12-22-33(29)44-34)36(30)43-31-20-10-7-17-27(31)28-18-8-11-21-32(28)43/h1-24,37H,(H,40,41,42). The van der Waals surface area contributed by atoms with Crippen molar-refractivity contribution in [2.45, 2.75) is 6.17 Å². The van der Waals surface area contributed by atoms with Gasteiger partial charge in [-0.05, 0) is 35.9 Å². The number of fused-ring (bicyclic) bond motifs is 6. The highest BCUT2D eigenvalue weighted by Crippen LogP contribution is 2.40. The van der Waals surface area contributed by atoms with Crippen LogP contribution in [0.3, 0.4) is 0 Å². The van der Waals surface area contributed by atoms with E-state index in [-0.39, 0.29) is 6.17 Å². The van der Waals surface area contributed by atoms with E-state index in [4.69, 9.17) is 14.4 Å². The van der Waals surface area contributed by atoms with Gasteiger partial charge >= 0.3 is 0 Å². The van der Waals surface area contributed by atoms with Gasteiger partial charge in [0.25, 0.3) is 0 Å². The second-order valence-corrected chi connectivity index (χ2v) is 11.0. The predicted octanol–water partition coefficient (Wildman–Crippen LogP) is 9.18. The van der Waals surface area contributed by atoms with E-state index >= 15 is 0 Å². The molecule has 1 N–H and O–H groups in total. The van der Waals surface area contributed by atoms with Gasteiger partial charge in [0.05, 0.1) is 22.1 Å². The molecule has 0 aliphatic carbocycles. The molecule has 0 saturated heterocycles. The molecule has 0 amide bonds. The molecule has 1 aliphatic rings. The van der Waals surface area contributed by atoms with Gasteiger partial charge in [0.15, 0.2) is 5.84 Å². The first-order valence-corrected chi connectivity index (χ1v) is 14.8. The van der Waals surface area contributed by atoms with Crippen LogP contribution in [0, 0.1) is 0 Å². The van der Waals surface area contributed by atoms with Crippen LogP contribution < -0.4 is 5.32 Å². The molecule has 6 aromatic carbocycles. The minimum atomic E-state index is -0.304. The normalized spacial score (nSPS) is 15.0. The Hall–Kier alpha value is -5.94. The summed E-state index contributed by atoms with van der Waals surface area (Å²) in [5.74, 6) is 1.45. The third-order valence-electron chi connectivity index (χ3n) is 8.46. The van der Waals surface area contributed by atoms with Crippen LogP contribution >= 0.6 is 0 Å². The van der Waals surface area contributed by atoms with E-state index in [2.05, 4.69) is 107 Å². The molecule has 2 aromatic heterocycles. The number of nitrogens with one attached hydrogen (secondary N) is 1. The molecule has 5 heteroatoms. The molecule has 208 valence electrons. The molecule has 0 fully saturated rings. The van der Waals surface area contributed by atoms with Crippen LogP contribution in [0.1, 0.15) is 22.9 Å². The van der Waals surface area contributed by atoms with Gasteiger partial charge in [-0.25, -0.2) is 9.98 Å². The maximum Gasteiger partial charge on any atom is 0.159 e. The van der Waals surface area contributed by atoms with E-state index in [0.717, 1.165) is 61.2 Å². The average molecular weight is 567 g/mol. The van der Waals surface area contributed by atoms with Gasteiger partial charge < -0.3 is 14.3 Å². The third-order valence-corrected chi connectivity index (χ3v) is 8.46. The molecule has 1 unspecified atom stereocenters. The Morgan fingerprint density at radius 1 is 0.568 bits per heavy atom. The van der Waals surface area contributed by atoms with Gasteiger partial charge in [0, 0.05) is 27.3 Å². The van der Waals surface area contributed by atoms with Crippen molar-refractivity contribution in [1.82, 2.24) is 9.88 Å². The summed E-state index contributed by atoms with van der Waals surface area (Å²) < 4.78 is 8.82.